The molecule has 0 saturated heterocycles. The first kappa shape index (κ1) is 8.58. The van der Waals surface area contributed by atoms with Crippen LogP contribution in [0.15, 0.2) is 6.20 Å². The third-order valence-corrected chi connectivity index (χ3v) is 1.58. The van der Waals surface area contributed by atoms with Crippen molar-refractivity contribution in [3.8, 4) is 0 Å². The normalized spacial score (nSPS) is 10.6. The van der Waals surface area contributed by atoms with Crippen LogP contribution in [-0.4, -0.2) is 21.0 Å². The molecule has 0 bridgehead atoms. The molecule has 1 aromatic rings. The third-order valence-electron chi connectivity index (χ3n) is 1.58. The standard InChI is InChI=1S/C7H11N3O2/c1-4(2)5-3-10(8)9-6(5)7(11)12/h3-4H,8H2,1-2H3,(H,11,12). The highest BCUT2D eigenvalue weighted by atomic mass is 16.4. The Morgan fingerprint density at radius 3 is 2.67 bits per heavy atom. The van der Waals surface area contributed by atoms with E-state index < -0.39 is 5.97 Å². The van der Waals surface area contributed by atoms with E-state index in [0.717, 1.165) is 4.79 Å². The topological polar surface area (TPSA) is 81.1 Å². The van der Waals surface area contributed by atoms with Crippen molar-refractivity contribution in [3.63, 3.8) is 0 Å². The second-order valence-electron chi connectivity index (χ2n) is 2.87. The van der Waals surface area contributed by atoms with Crippen molar-refractivity contribution in [3.05, 3.63) is 17.5 Å². The molecule has 0 unspecified atom stereocenters. The molecule has 0 radical (unpaired) electrons. The van der Waals surface area contributed by atoms with Crippen molar-refractivity contribution in [1.29, 1.82) is 0 Å². The van der Waals surface area contributed by atoms with Crippen LogP contribution in [0.25, 0.3) is 0 Å². The number of carboxylic acid groups (broad SMARTS) is 1. The molecular weight excluding hydrogens is 158 g/mol. The molecule has 0 spiro atoms. The van der Waals surface area contributed by atoms with Crippen molar-refractivity contribution in [2.45, 2.75) is 19.8 Å². The number of aromatic carboxylic acids is 1. The second-order valence-corrected chi connectivity index (χ2v) is 2.87. The average molecular weight is 169 g/mol. The minimum Gasteiger partial charge on any atom is -0.476 e. The number of nitrogen functional groups attached to an aromatic ring is 1. The van der Waals surface area contributed by atoms with Gasteiger partial charge in [0, 0.05) is 5.56 Å². The lowest BCUT2D eigenvalue weighted by molar-refractivity contribution is 0.0688. The lowest BCUT2D eigenvalue weighted by atomic mass is 10.0. The number of carboxylic acids is 1. The molecule has 5 heteroatoms. The van der Waals surface area contributed by atoms with E-state index in [1.165, 1.54) is 6.20 Å². The predicted octanol–water partition coefficient (Wildman–Crippen LogP) is 0.418. The van der Waals surface area contributed by atoms with Crippen LogP contribution in [0, 0.1) is 0 Å². The van der Waals surface area contributed by atoms with Crippen molar-refractivity contribution in [1.82, 2.24) is 9.89 Å². The summed E-state index contributed by atoms with van der Waals surface area (Å²) in [6.45, 7) is 3.78. The van der Waals surface area contributed by atoms with Gasteiger partial charge in [-0.1, -0.05) is 13.8 Å². The van der Waals surface area contributed by atoms with E-state index in [1.807, 2.05) is 13.8 Å². The van der Waals surface area contributed by atoms with Crippen molar-refractivity contribution < 1.29 is 9.90 Å². The summed E-state index contributed by atoms with van der Waals surface area (Å²) in [4.78, 5) is 11.6. The molecule has 0 atom stereocenters. The largest absolute Gasteiger partial charge is 0.476 e. The third kappa shape index (κ3) is 1.39. The number of aromatic nitrogens is 2. The molecule has 12 heavy (non-hydrogen) atoms. The molecule has 0 aliphatic carbocycles. The number of hydrogen-bond acceptors (Lipinski definition) is 3. The van der Waals surface area contributed by atoms with Gasteiger partial charge in [0.1, 0.15) is 0 Å². The molecular formula is C7H11N3O2. The van der Waals surface area contributed by atoms with Crippen molar-refractivity contribution >= 4 is 5.97 Å². The van der Waals surface area contributed by atoms with E-state index in [4.69, 9.17) is 10.9 Å². The molecule has 0 saturated carbocycles. The fourth-order valence-corrected chi connectivity index (χ4v) is 0.994. The fourth-order valence-electron chi connectivity index (χ4n) is 0.994. The Labute approximate surface area is 69.8 Å². The van der Waals surface area contributed by atoms with Gasteiger partial charge in [0.25, 0.3) is 0 Å². The van der Waals surface area contributed by atoms with Crippen LogP contribution < -0.4 is 5.84 Å². The zero-order valence-electron chi connectivity index (χ0n) is 6.98. The maximum absolute atomic E-state index is 10.6. The van der Waals surface area contributed by atoms with Crippen LogP contribution >= 0.6 is 0 Å². The van der Waals surface area contributed by atoms with E-state index in [1.54, 1.807) is 0 Å². The smallest absolute Gasteiger partial charge is 0.356 e. The number of rotatable bonds is 2. The SMILES string of the molecule is CC(C)c1cn(N)nc1C(=O)O. The van der Waals surface area contributed by atoms with Gasteiger partial charge in [-0.25, -0.2) is 4.79 Å². The fraction of sp³-hybridized carbons (Fsp3) is 0.429. The number of carbonyl (C=O) groups is 1. The molecule has 0 aliphatic heterocycles. The highest BCUT2D eigenvalue weighted by Crippen LogP contribution is 2.16. The minimum atomic E-state index is -1.04. The van der Waals surface area contributed by atoms with Gasteiger partial charge in [0.15, 0.2) is 5.69 Å². The van der Waals surface area contributed by atoms with Gasteiger partial charge in [-0.15, -0.1) is 5.10 Å². The van der Waals surface area contributed by atoms with Gasteiger partial charge < -0.3 is 10.9 Å². The van der Waals surface area contributed by atoms with Gasteiger partial charge in [0.05, 0.1) is 6.20 Å². The molecule has 0 aliphatic rings. The highest BCUT2D eigenvalue weighted by molar-refractivity contribution is 5.87. The minimum absolute atomic E-state index is 0.0347. The number of nitrogens with two attached hydrogens (primary N) is 1. The quantitative estimate of drug-likeness (QED) is 0.628. The zero-order chi connectivity index (χ0) is 9.30. The lowest BCUT2D eigenvalue weighted by Gasteiger charge is -1.99. The van der Waals surface area contributed by atoms with E-state index in [2.05, 4.69) is 5.10 Å². The summed E-state index contributed by atoms with van der Waals surface area (Å²) in [6, 6.07) is 0. The van der Waals surface area contributed by atoms with Gasteiger partial charge >= 0.3 is 5.97 Å². The summed E-state index contributed by atoms with van der Waals surface area (Å²) < 4.78 is 0. The van der Waals surface area contributed by atoms with Gasteiger partial charge in [0.2, 0.25) is 0 Å². The Hall–Kier alpha value is -1.52. The maximum Gasteiger partial charge on any atom is 0.356 e. The van der Waals surface area contributed by atoms with Crippen LogP contribution in [0.2, 0.25) is 0 Å². The zero-order valence-corrected chi connectivity index (χ0v) is 6.98. The van der Waals surface area contributed by atoms with Gasteiger partial charge in [-0.2, -0.15) is 4.79 Å². The highest BCUT2D eigenvalue weighted by Gasteiger charge is 2.16. The Kier molecular flexibility index (Phi) is 2.03. The van der Waals surface area contributed by atoms with Crippen molar-refractivity contribution in [2.75, 3.05) is 5.84 Å². The van der Waals surface area contributed by atoms with Gasteiger partial charge in [-0.05, 0) is 5.92 Å². The monoisotopic (exact) mass is 169 g/mol. The second kappa shape index (κ2) is 2.84. The Balaban J connectivity index is 3.17. The van der Waals surface area contributed by atoms with Crippen LogP contribution in [0.3, 0.4) is 0 Å². The predicted molar refractivity (Wildman–Crippen MR) is 43.4 cm³/mol. The molecule has 0 aromatic carbocycles. The molecule has 1 rings (SSSR count). The van der Waals surface area contributed by atoms with E-state index in [0.29, 0.717) is 5.56 Å². The first-order valence-electron chi connectivity index (χ1n) is 3.60. The summed E-state index contributed by atoms with van der Waals surface area (Å²) in [5.41, 5.74) is 0.692. The van der Waals surface area contributed by atoms with Crippen LogP contribution in [0.1, 0.15) is 35.8 Å². The number of hydrogen-bond donors (Lipinski definition) is 2. The van der Waals surface area contributed by atoms with Crippen LogP contribution in [-0.2, 0) is 0 Å². The molecule has 0 amide bonds. The molecule has 1 aromatic heterocycles. The van der Waals surface area contributed by atoms with Crippen LogP contribution in [0.4, 0.5) is 0 Å². The summed E-state index contributed by atoms with van der Waals surface area (Å²) in [7, 11) is 0. The van der Waals surface area contributed by atoms with E-state index >= 15 is 0 Å². The lowest BCUT2D eigenvalue weighted by Crippen LogP contribution is -2.09. The maximum atomic E-state index is 10.6. The Bertz CT molecular complexity index is 304. The molecule has 0 fully saturated rings. The molecule has 66 valence electrons. The average Bonchev–Trinajstić information content (AvgIpc) is 2.31. The summed E-state index contributed by atoms with van der Waals surface area (Å²) in [5.74, 6) is 4.38. The van der Waals surface area contributed by atoms with Crippen LogP contribution in [0.5, 0.6) is 0 Å². The summed E-state index contributed by atoms with van der Waals surface area (Å²) in [5, 5.41) is 12.3. The first-order valence-corrected chi connectivity index (χ1v) is 3.60. The summed E-state index contributed by atoms with van der Waals surface area (Å²) in [6.07, 6.45) is 1.52. The van der Waals surface area contributed by atoms with E-state index in [-0.39, 0.29) is 11.6 Å². The van der Waals surface area contributed by atoms with Gasteiger partial charge in [-0.3, -0.25) is 0 Å². The Morgan fingerprint density at radius 2 is 2.33 bits per heavy atom. The summed E-state index contributed by atoms with van der Waals surface area (Å²) >= 11 is 0. The molecule has 1 heterocycles. The Morgan fingerprint density at radius 1 is 1.75 bits per heavy atom. The molecule has 5 nitrogen and oxygen atoms in total. The molecule has 3 N–H and O–H groups in total. The number of nitrogens with zero attached hydrogens (tertiary/aromatic N) is 2. The van der Waals surface area contributed by atoms with Crippen molar-refractivity contribution in [2.24, 2.45) is 0 Å². The van der Waals surface area contributed by atoms with E-state index in [9.17, 15) is 4.79 Å². The first-order chi connectivity index (χ1) is 5.52.